The van der Waals surface area contributed by atoms with E-state index >= 15 is 0 Å². The van der Waals surface area contributed by atoms with Gasteiger partial charge in [-0.2, -0.15) is 0 Å². The zero-order valence-corrected chi connectivity index (χ0v) is 17.2. The molecule has 0 bridgehead atoms. The number of amides is 2. The number of aromatic nitrogens is 3. The highest BCUT2D eigenvalue weighted by Gasteiger charge is 2.34. The molecule has 2 aromatic rings. The number of carbonyl (C=O) groups excluding carboxylic acids is 2. The molecule has 2 amide bonds. The summed E-state index contributed by atoms with van der Waals surface area (Å²) < 4.78 is 7.02. The van der Waals surface area contributed by atoms with Crippen LogP contribution in [0.2, 0.25) is 0 Å². The molecule has 2 aromatic heterocycles. The van der Waals surface area contributed by atoms with Crippen molar-refractivity contribution in [1.82, 2.24) is 24.8 Å². The highest BCUT2D eigenvalue weighted by Crippen LogP contribution is 2.31. The summed E-state index contributed by atoms with van der Waals surface area (Å²) in [5.74, 6) is 0.665. The standard InChI is InChI=1S/C20H29N5O3/c1-12(2)17(19(26)28-5)23-20(27)24-9-7-14(11-24)18-22-15-6-8-21-10-16(15)25(18)13(3)4/h6,8,10,12-14,17H,7,9,11H2,1-5H3,(H,23,27)/t14-,17+/m0/s1. The molecule has 1 saturated heterocycles. The van der Waals surface area contributed by atoms with E-state index in [-0.39, 0.29) is 23.9 Å². The van der Waals surface area contributed by atoms with Crippen molar-refractivity contribution in [2.45, 2.75) is 52.1 Å². The van der Waals surface area contributed by atoms with E-state index in [0.717, 1.165) is 23.3 Å². The van der Waals surface area contributed by atoms with Crippen LogP contribution >= 0.6 is 0 Å². The van der Waals surface area contributed by atoms with Gasteiger partial charge in [-0.05, 0) is 32.3 Å². The van der Waals surface area contributed by atoms with E-state index in [0.29, 0.717) is 13.1 Å². The minimum Gasteiger partial charge on any atom is -0.467 e. The normalized spacial score (nSPS) is 18.1. The van der Waals surface area contributed by atoms with Gasteiger partial charge >= 0.3 is 12.0 Å². The molecule has 0 spiro atoms. The van der Waals surface area contributed by atoms with Crippen molar-refractivity contribution < 1.29 is 14.3 Å². The Hall–Kier alpha value is -2.64. The molecule has 8 nitrogen and oxygen atoms in total. The van der Waals surface area contributed by atoms with Gasteiger partial charge in [-0.3, -0.25) is 4.98 Å². The minimum absolute atomic E-state index is 0.0487. The number of nitrogens with one attached hydrogen (secondary N) is 1. The van der Waals surface area contributed by atoms with E-state index in [1.54, 1.807) is 11.1 Å². The van der Waals surface area contributed by atoms with Crippen molar-refractivity contribution in [1.29, 1.82) is 0 Å². The van der Waals surface area contributed by atoms with Gasteiger partial charge in [-0.25, -0.2) is 14.6 Å². The Morgan fingerprint density at radius 2 is 2.04 bits per heavy atom. The number of ether oxygens (including phenoxy) is 1. The number of hydrogen-bond donors (Lipinski definition) is 1. The number of likely N-dealkylation sites (tertiary alicyclic amines) is 1. The zero-order chi connectivity index (χ0) is 20.4. The van der Waals surface area contributed by atoms with Gasteiger partial charge in [-0.1, -0.05) is 13.8 Å². The van der Waals surface area contributed by atoms with E-state index < -0.39 is 12.0 Å². The van der Waals surface area contributed by atoms with Crippen LogP contribution < -0.4 is 5.32 Å². The number of nitrogens with zero attached hydrogens (tertiary/aromatic N) is 4. The second-order valence-corrected chi connectivity index (χ2v) is 7.92. The van der Waals surface area contributed by atoms with Gasteiger partial charge in [0.05, 0.1) is 24.3 Å². The lowest BCUT2D eigenvalue weighted by Gasteiger charge is -2.24. The van der Waals surface area contributed by atoms with Gasteiger partial charge in [-0.15, -0.1) is 0 Å². The number of hydrogen-bond acceptors (Lipinski definition) is 5. The van der Waals surface area contributed by atoms with Crippen LogP contribution in [0, 0.1) is 5.92 Å². The Balaban J connectivity index is 1.77. The monoisotopic (exact) mass is 387 g/mol. The number of fused-ring (bicyclic) bond motifs is 1. The SMILES string of the molecule is COC(=O)[C@H](NC(=O)N1CC[C@H](c2nc3ccncc3n2C(C)C)C1)C(C)C. The third-order valence-corrected chi connectivity index (χ3v) is 5.28. The number of methoxy groups -OCH3 is 1. The minimum atomic E-state index is -0.650. The van der Waals surface area contributed by atoms with Crippen molar-refractivity contribution >= 4 is 23.0 Å². The van der Waals surface area contributed by atoms with Gasteiger partial charge in [0.2, 0.25) is 0 Å². The molecule has 0 aliphatic carbocycles. The van der Waals surface area contributed by atoms with Crippen LogP contribution in [0.5, 0.6) is 0 Å². The van der Waals surface area contributed by atoms with Crippen molar-refractivity contribution in [2.75, 3.05) is 20.2 Å². The Bertz CT molecular complexity index is 861. The maximum absolute atomic E-state index is 12.7. The van der Waals surface area contributed by atoms with Crippen LogP contribution in [0.25, 0.3) is 11.0 Å². The lowest BCUT2D eigenvalue weighted by Crippen LogP contribution is -2.50. The molecule has 1 aliphatic heterocycles. The van der Waals surface area contributed by atoms with Crippen molar-refractivity contribution in [3.8, 4) is 0 Å². The van der Waals surface area contributed by atoms with E-state index in [4.69, 9.17) is 9.72 Å². The summed E-state index contributed by atoms with van der Waals surface area (Å²) in [6.07, 6.45) is 4.42. The average molecular weight is 387 g/mol. The fraction of sp³-hybridized carbons (Fsp3) is 0.600. The summed E-state index contributed by atoms with van der Waals surface area (Å²) >= 11 is 0. The Morgan fingerprint density at radius 1 is 1.29 bits per heavy atom. The van der Waals surface area contributed by atoms with Gasteiger partial charge in [0.15, 0.2) is 0 Å². The van der Waals surface area contributed by atoms with Crippen molar-refractivity contribution in [2.24, 2.45) is 5.92 Å². The summed E-state index contributed by atoms with van der Waals surface area (Å²) in [6.45, 7) is 9.21. The summed E-state index contributed by atoms with van der Waals surface area (Å²) in [7, 11) is 1.33. The first-order chi connectivity index (χ1) is 13.3. The largest absolute Gasteiger partial charge is 0.467 e. The first-order valence-corrected chi connectivity index (χ1v) is 9.78. The van der Waals surface area contributed by atoms with Crippen LogP contribution in [0.4, 0.5) is 4.79 Å². The summed E-state index contributed by atoms with van der Waals surface area (Å²) in [6, 6.07) is 1.28. The van der Waals surface area contributed by atoms with Gasteiger partial charge < -0.3 is 19.5 Å². The summed E-state index contributed by atoms with van der Waals surface area (Å²) in [5, 5.41) is 2.82. The third kappa shape index (κ3) is 3.81. The average Bonchev–Trinajstić information content (AvgIpc) is 3.29. The molecule has 0 saturated carbocycles. The Labute approximate surface area is 165 Å². The van der Waals surface area contributed by atoms with Crippen LogP contribution in [-0.2, 0) is 9.53 Å². The summed E-state index contributed by atoms with van der Waals surface area (Å²) in [5.41, 5.74) is 1.94. The quantitative estimate of drug-likeness (QED) is 0.797. The molecule has 8 heteroatoms. The molecule has 1 aliphatic rings. The maximum atomic E-state index is 12.7. The smallest absolute Gasteiger partial charge is 0.328 e. The second kappa shape index (κ2) is 8.16. The van der Waals surface area contributed by atoms with Crippen molar-refractivity contribution in [3.63, 3.8) is 0 Å². The fourth-order valence-electron chi connectivity index (χ4n) is 3.79. The molecular weight excluding hydrogens is 358 g/mol. The van der Waals surface area contributed by atoms with E-state index in [2.05, 4.69) is 28.7 Å². The van der Waals surface area contributed by atoms with E-state index in [1.807, 2.05) is 26.1 Å². The highest BCUT2D eigenvalue weighted by atomic mass is 16.5. The van der Waals surface area contributed by atoms with Gasteiger partial charge in [0, 0.05) is 31.2 Å². The lowest BCUT2D eigenvalue weighted by atomic mass is 10.1. The zero-order valence-electron chi connectivity index (χ0n) is 17.2. The van der Waals surface area contributed by atoms with E-state index in [9.17, 15) is 9.59 Å². The highest BCUT2D eigenvalue weighted by molar-refractivity contribution is 5.84. The molecule has 0 radical (unpaired) electrons. The number of urea groups is 1. The number of carbonyl (C=O) groups is 2. The molecule has 0 unspecified atom stereocenters. The maximum Gasteiger partial charge on any atom is 0.328 e. The third-order valence-electron chi connectivity index (χ3n) is 5.28. The summed E-state index contributed by atoms with van der Waals surface area (Å²) in [4.78, 5) is 35.5. The molecule has 2 atom stereocenters. The predicted molar refractivity (Wildman–Crippen MR) is 106 cm³/mol. The van der Waals surface area contributed by atoms with Crippen LogP contribution in [0.3, 0.4) is 0 Å². The molecule has 152 valence electrons. The molecule has 0 aromatic carbocycles. The number of esters is 1. The molecule has 1 N–H and O–H groups in total. The molecular formula is C20H29N5O3. The first kappa shape index (κ1) is 20.1. The number of imidazole rings is 1. The molecule has 3 heterocycles. The second-order valence-electron chi connectivity index (χ2n) is 7.92. The number of rotatable bonds is 5. The van der Waals surface area contributed by atoms with Gasteiger partial charge in [0.25, 0.3) is 0 Å². The molecule has 3 rings (SSSR count). The van der Waals surface area contributed by atoms with Crippen molar-refractivity contribution in [3.05, 3.63) is 24.3 Å². The topological polar surface area (TPSA) is 89.3 Å². The first-order valence-electron chi connectivity index (χ1n) is 9.78. The Kier molecular flexibility index (Phi) is 5.86. The van der Waals surface area contributed by atoms with E-state index in [1.165, 1.54) is 7.11 Å². The number of pyridine rings is 1. The molecule has 1 fully saturated rings. The lowest BCUT2D eigenvalue weighted by molar-refractivity contribution is -0.144. The Morgan fingerprint density at radius 3 is 2.68 bits per heavy atom. The van der Waals surface area contributed by atoms with Crippen LogP contribution in [0.15, 0.2) is 18.5 Å². The van der Waals surface area contributed by atoms with Crippen LogP contribution in [-0.4, -0.2) is 57.7 Å². The fourth-order valence-corrected chi connectivity index (χ4v) is 3.79. The molecule has 28 heavy (non-hydrogen) atoms. The predicted octanol–water partition coefficient (Wildman–Crippen LogP) is 2.71. The van der Waals surface area contributed by atoms with Crippen LogP contribution in [0.1, 0.15) is 51.9 Å². The van der Waals surface area contributed by atoms with Gasteiger partial charge in [0.1, 0.15) is 11.9 Å².